The van der Waals surface area contributed by atoms with Gasteiger partial charge in [-0.15, -0.1) is 0 Å². The van der Waals surface area contributed by atoms with Crippen LogP contribution in [-0.2, 0) is 7.05 Å². The molecule has 0 bridgehead atoms. The third-order valence-electron chi connectivity index (χ3n) is 5.65. The molecule has 1 atom stereocenters. The molecule has 2 fully saturated rings. The lowest BCUT2D eigenvalue weighted by Gasteiger charge is -2.36. The number of amides is 1. The molecule has 0 unspecified atom stereocenters. The number of nitrogens with zero attached hydrogens (tertiary/aromatic N) is 3. The summed E-state index contributed by atoms with van der Waals surface area (Å²) in [7, 11) is 1.73. The first-order valence-electron chi connectivity index (χ1n) is 9.28. The van der Waals surface area contributed by atoms with Gasteiger partial charge < -0.3 is 14.4 Å². The molecule has 5 heteroatoms. The zero-order chi connectivity index (χ0) is 17.1. The van der Waals surface area contributed by atoms with Crippen LogP contribution in [0.15, 0.2) is 16.9 Å². The first-order chi connectivity index (χ1) is 11.6. The molecule has 132 valence electrons. The number of carbonyl (C=O) groups is 1. The van der Waals surface area contributed by atoms with Crippen LogP contribution in [0, 0.1) is 6.92 Å². The van der Waals surface area contributed by atoms with Crippen molar-refractivity contribution in [2.45, 2.75) is 51.5 Å². The number of rotatable bonds is 4. The van der Waals surface area contributed by atoms with Crippen LogP contribution in [-0.4, -0.2) is 52.5 Å². The van der Waals surface area contributed by atoms with Gasteiger partial charge in [-0.05, 0) is 70.7 Å². The fourth-order valence-electron chi connectivity index (χ4n) is 3.95. The molecule has 1 aromatic heterocycles. The summed E-state index contributed by atoms with van der Waals surface area (Å²) in [6.45, 7) is 6.12. The largest absolute Gasteiger partial charge is 0.335 e. The van der Waals surface area contributed by atoms with Gasteiger partial charge in [0.05, 0.1) is 0 Å². The number of likely N-dealkylation sites (tertiary alicyclic amines) is 2. The molecule has 2 aliphatic rings. The van der Waals surface area contributed by atoms with Gasteiger partial charge >= 0.3 is 0 Å². The highest BCUT2D eigenvalue weighted by Crippen LogP contribution is 2.22. The van der Waals surface area contributed by atoms with Crippen LogP contribution in [0.3, 0.4) is 0 Å². The van der Waals surface area contributed by atoms with Crippen molar-refractivity contribution in [2.75, 3.05) is 26.2 Å². The molecule has 1 aromatic rings. The number of aryl methyl sites for hydroxylation is 1. The van der Waals surface area contributed by atoms with Crippen molar-refractivity contribution in [1.82, 2.24) is 14.4 Å². The van der Waals surface area contributed by atoms with Gasteiger partial charge in [0.2, 0.25) is 0 Å². The van der Waals surface area contributed by atoms with Crippen LogP contribution < -0.4 is 5.56 Å². The molecule has 2 aliphatic heterocycles. The van der Waals surface area contributed by atoms with Crippen molar-refractivity contribution in [3.8, 4) is 0 Å². The average molecular weight is 331 g/mol. The summed E-state index contributed by atoms with van der Waals surface area (Å²) in [6, 6.07) is 3.84. The topological polar surface area (TPSA) is 45.6 Å². The van der Waals surface area contributed by atoms with Crippen molar-refractivity contribution in [3.63, 3.8) is 0 Å². The van der Waals surface area contributed by atoms with E-state index in [1.54, 1.807) is 17.7 Å². The fourth-order valence-corrected chi connectivity index (χ4v) is 3.95. The molecule has 24 heavy (non-hydrogen) atoms. The molecule has 0 spiro atoms. The molecule has 3 rings (SSSR count). The molecule has 0 radical (unpaired) electrons. The Morgan fingerprint density at radius 3 is 2.58 bits per heavy atom. The van der Waals surface area contributed by atoms with Gasteiger partial charge in [0.25, 0.3) is 11.5 Å². The normalized spacial score (nSPS) is 22.1. The quantitative estimate of drug-likeness (QED) is 0.849. The van der Waals surface area contributed by atoms with Crippen LogP contribution in [0.1, 0.15) is 54.6 Å². The smallest absolute Gasteiger partial charge is 0.263 e. The minimum atomic E-state index is -0.177. The van der Waals surface area contributed by atoms with E-state index in [4.69, 9.17) is 0 Å². The standard InChI is InChI=1S/C19H29N3O2/c1-15-8-9-17(18(23)20(15)2)19(24)22-13-4-3-7-16(22)10-14-21-11-5-6-12-21/h8-9,16H,3-7,10-14H2,1-2H3/t16-/m0/s1. The van der Waals surface area contributed by atoms with Crippen molar-refractivity contribution < 1.29 is 4.79 Å². The second kappa shape index (κ2) is 7.51. The molecular formula is C19H29N3O2. The maximum Gasteiger partial charge on any atom is 0.263 e. The Kier molecular flexibility index (Phi) is 5.39. The lowest BCUT2D eigenvalue weighted by atomic mass is 9.98. The van der Waals surface area contributed by atoms with Crippen molar-refractivity contribution in [2.24, 2.45) is 7.05 Å². The Hall–Kier alpha value is -1.62. The third kappa shape index (κ3) is 3.56. The van der Waals surface area contributed by atoms with E-state index in [0.717, 1.165) is 38.0 Å². The maximum atomic E-state index is 13.0. The van der Waals surface area contributed by atoms with Crippen molar-refractivity contribution in [3.05, 3.63) is 33.7 Å². The molecular weight excluding hydrogens is 302 g/mol. The summed E-state index contributed by atoms with van der Waals surface area (Å²) < 4.78 is 1.57. The van der Waals surface area contributed by atoms with Gasteiger partial charge in [0, 0.05) is 31.9 Å². The highest BCUT2D eigenvalue weighted by Gasteiger charge is 2.29. The summed E-state index contributed by atoms with van der Waals surface area (Å²) in [5.41, 5.74) is 1.01. The van der Waals surface area contributed by atoms with E-state index < -0.39 is 0 Å². The molecule has 0 aliphatic carbocycles. The van der Waals surface area contributed by atoms with E-state index in [1.807, 2.05) is 17.9 Å². The molecule has 0 aromatic carbocycles. The average Bonchev–Trinajstić information content (AvgIpc) is 3.11. The van der Waals surface area contributed by atoms with E-state index in [1.165, 1.54) is 32.4 Å². The monoisotopic (exact) mass is 331 g/mol. The van der Waals surface area contributed by atoms with Gasteiger partial charge in [0.15, 0.2) is 0 Å². The van der Waals surface area contributed by atoms with Crippen LogP contribution in [0.4, 0.5) is 0 Å². The summed E-state index contributed by atoms with van der Waals surface area (Å²) in [6.07, 6.45) is 6.90. The molecule has 3 heterocycles. The Morgan fingerprint density at radius 2 is 1.83 bits per heavy atom. The number of aromatic nitrogens is 1. The summed E-state index contributed by atoms with van der Waals surface area (Å²) in [4.78, 5) is 29.9. The Balaban J connectivity index is 1.73. The highest BCUT2D eigenvalue weighted by molar-refractivity contribution is 5.94. The maximum absolute atomic E-state index is 13.0. The number of carbonyl (C=O) groups excluding carboxylic acids is 1. The lowest BCUT2D eigenvalue weighted by Crippen LogP contribution is -2.47. The molecule has 1 amide bonds. The first-order valence-corrected chi connectivity index (χ1v) is 9.28. The number of hydrogen-bond acceptors (Lipinski definition) is 3. The summed E-state index contributed by atoms with van der Waals surface area (Å²) >= 11 is 0. The SMILES string of the molecule is Cc1ccc(C(=O)N2CCCC[C@H]2CCN2CCCC2)c(=O)n1C. The third-order valence-corrected chi connectivity index (χ3v) is 5.65. The van der Waals surface area contributed by atoms with Gasteiger partial charge in [-0.3, -0.25) is 9.59 Å². The first kappa shape index (κ1) is 17.2. The molecule has 0 N–H and O–H groups in total. The van der Waals surface area contributed by atoms with Gasteiger partial charge in [0.1, 0.15) is 5.56 Å². The van der Waals surface area contributed by atoms with E-state index in [0.29, 0.717) is 5.56 Å². The van der Waals surface area contributed by atoms with Crippen molar-refractivity contribution in [1.29, 1.82) is 0 Å². The van der Waals surface area contributed by atoms with E-state index in [-0.39, 0.29) is 17.5 Å². The van der Waals surface area contributed by atoms with E-state index >= 15 is 0 Å². The lowest BCUT2D eigenvalue weighted by molar-refractivity contribution is 0.0585. The minimum absolute atomic E-state index is 0.0817. The second-order valence-electron chi connectivity index (χ2n) is 7.24. The predicted molar refractivity (Wildman–Crippen MR) is 95.4 cm³/mol. The minimum Gasteiger partial charge on any atom is -0.335 e. The number of hydrogen-bond donors (Lipinski definition) is 0. The second-order valence-corrected chi connectivity index (χ2v) is 7.24. The van der Waals surface area contributed by atoms with Gasteiger partial charge in [-0.1, -0.05) is 0 Å². The zero-order valence-electron chi connectivity index (χ0n) is 15.0. The van der Waals surface area contributed by atoms with Crippen LogP contribution >= 0.6 is 0 Å². The van der Waals surface area contributed by atoms with Gasteiger partial charge in [-0.25, -0.2) is 0 Å². The molecule has 5 nitrogen and oxygen atoms in total. The summed E-state index contributed by atoms with van der Waals surface area (Å²) in [5, 5.41) is 0. The Bertz CT molecular complexity index is 647. The van der Waals surface area contributed by atoms with Gasteiger partial charge in [-0.2, -0.15) is 0 Å². The number of pyridine rings is 1. The zero-order valence-corrected chi connectivity index (χ0v) is 15.0. The van der Waals surface area contributed by atoms with Crippen molar-refractivity contribution >= 4 is 5.91 Å². The van der Waals surface area contributed by atoms with Crippen LogP contribution in [0.25, 0.3) is 0 Å². The molecule has 0 saturated carbocycles. The highest BCUT2D eigenvalue weighted by atomic mass is 16.2. The fraction of sp³-hybridized carbons (Fsp3) is 0.684. The van der Waals surface area contributed by atoms with Crippen LogP contribution in [0.5, 0.6) is 0 Å². The molecule has 2 saturated heterocycles. The van der Waals surface area contributed by atoms with Crippen LogP contribution in [0.2, 0.25) is 0 Å². The number of piperidine rings is 1. The van der Waals surface area contributed by atoms with E-state index in [9.17, 15) is 9.59 Å². The Morgan fingerprint density at radius 1 is 1.12 bits per heavy atom. The Labute approximate surface area is 144 Å². The summed E-state index contributed by atoms with van der Waals surface area (Å²) in [5.74, 6) is -0.0817. The van der Waals surface area contributed by atoms with E-state index in [2.05, 4.69) is 4.90 Å². The predicted octanol–water partition coefficient (Wildman–Crippen LogP) is 2.17.